The van der Waals surface area contributed by atoms with Crippen LogP contribution in [-0.4, -0.2) is 11.2 Å². The molecule has 0 radical (unpaired) electrons. The quantitative estimate of drug-likeness (QED) is 0.682. The molecule has 1 N–H and O–H groups in total. The van der Waals surface area contributed by atoms with Gasteiger partial charge in [-0.25, -0.2) is 0 Å². The van der Waals surface area contributed by atoms with Crippen LogP contribution < -0.4 is 0 Å². The van der Waals surface area contributed by atoms with Crippen LogP contribution in [0.1, 0.15) is 52.4 Å². The van der Waals surface area contributed by atoms with E-state index in [-0.39, 0.29) is 6.10 Å². The van der Waals surface area contributed by atoms with E-state index in [0.717, 1.165) is 36.5 Å². The van der Waals surface area contributed by atoms with Crippen molar-refractivity contribution in [2.24, 2.45) is 23.7 Å². The molecule has 2 rings (SSSR count). The number of aliphatic hydroxyl groups excluding tert-OH is 1. The molecule has 14 heavy (non-hydrogen) atoms. The molecule has 0 heterocycles. The van der Waals surface area contributed by atoms with Gasteiger partial charge in [-0.3, -0.25) is 0 Å². The smallest absolute Gasteiger partial charge is 0.0543 e. The second kappa shape index (κ2) is 4.22. The van der Waals surface area contributed by atoms with Crippen molar-refractivity contribution in [1.29, 1.82) is 0 Å². The maximum absolute atomic E-state index is 9.75. The van der Waals surface area contributed by atoms with Crippen molar-refractivity contribution in [1.82, 2.24) is 0 Å². The van der Waals surface area contributed by atoms with E-state index in [1.807, 2.05) is 0 Å². The molecule has 2 saturated carbocycles. The largest absolute Gasteiger partial charge is 0.393 e. The summed E-state index contributed by atoms with van der Waals surface area (Å²) >= 11 is 0. The van der Waals surface area contributed by atoms with E-state index >= 15 is 0 Å². The summed E-state index contributed by atoms with van der Waals surface area (Å²) in [5, 5.41) is 9.75. The van der Waals surface area contributed by atoms with Crippen molar-refractivity contribution in [3.63, 3.8) is 0 Å². The fourth-order valence-electron chi connectivity index (χ4n) is 3.79. The number of rotatable bonds is 1. The van der Waals surface area contributed by atoms with Crippen molar-refractivity contribution in [3.05, 3.63) is 0 Å². The van der Waals surface area contributed by atoms with Crippen LogP contribution in [-0.2, 0) is 0 Å². The average Bonchev–Trinajstić information content (AvgIpc) is 2.16. The molecule has 4 unspecified atom stereocenters. The first-order chi connectivity index (χ1) is 6.68. The molecule has 1 heteroatoms. The molecule has 0 aromatic rings. The molecule has 0 aromatic carbocycles. The molecule has 0 saturated heterocycles. The maximum Gasteiger partial charge on any atom is 0.0543 e. The van der Waals surface area contributed by atoms with Gasteiger partial charge in [0.1, 0.15) is 0 Å². The topological polar surface area (TPSA) is 20.2 Å². The summed E-state index contributed by atoms with van der Waals surface area (Å²) in [6, 6.07) is 0. The minimum absolute atomic E-state index is 0.00981. The summed E-state index contributed by atoms with van der Waals surface area (Å²) in [6.45, 7) is 4.71. The molecule has 2 aliphatic rings. The standard InChI is InChI=1S/C13H24O/c1-9(2)12-5-3-4-10-6-7-11(14)8-13(10)12/h9-14H,3-8H2,1-2H3. The SMILES string of the molecule is CC(C)C1CCCC2CCC(O)CC21. The summed E-state index contributed by atoms with van der Waals surface area (Å²) in [5.41, 5.74) is 0. The fourth-order valence-corrected chi connectivity index (χ4v) is 3.79. The third-order valence-corrected chi connectivity index (χ3v) is 4.54. The van der Waals surface area contributed by atoms with Crippen LogP contribution in [0.15, 0.2) is 0 Å². The predicted molar refractivity (Wildman–Crippen MR) is 59.0 cm³/mol. The van der Waals surface area contributed by atoms with Crippen LogP contribution in [0.4, 0.5) is 0 Å². The van der Waals surface area contributed by atoms with E-state index in [1.54, 1.807) is 0 Å². The van der Waals surface area contributed by atoms with Gasteiger partial charge in [0.15, 0.2) is 0 Å². The molecule has 0 aliphatic heterocycles. The number of fused-ring (bicyclic) bond motifs is 1. The van der Waals surface area contributed by atoms with E-state index in [0.29, 0.717) is 0 Å². The Kier molecular flexibility index (Phi) is 3.16. The monoisotopic (exact) mass is 196 g/mol. The van der Waals surface area contributed by atoms with E-state index < -0.39 is 0 Å². The molecule has 0 amide bonds. The Bertz CT molecular complexity index is 188. The molecule has 0 aromatic heterocycles. The highest BCUT2D eigenvalue weighted by molar-refractivity contribution is 4.88. The van der Waals surface area contributed by atoms with Gasteiger partial charge in [0.2, 0.25) is 0 Å². The summed E-state index contributed by atoms with van der Waals surface area (Å²) in [6.07, 6.45) is 7.72. The van der Waals surface area contributed by atoms with Crippen molar-refractivity contribution in [2.75, 3.05) is 0 Å². The van der Waals surface area contributed by atoms with E-state index in [9.17, 15) is 5.11 Å². The van der Waals surface area contributed by atoms with Crippen molar-refractivity contribution >= 4 is 0 Å². The summed E-state index contributed by atoms with van der Waals surface area (Å²) in [4.78, 5) is 0. The molecule has 0 bridgehead atoms. The first kappa shape index (κ1) is 10.5. The Morgan fingerprint density at radius 3 is 2.57 bits per heavy atom. The van der Waals surface area contributed by atoms with Gasteiger partial charge < -0.3 is 5.11 Å². The first-order valence-corrected chi connectivity index (χ1v) is 6.36. The van der Waals surface area contributed by atoms with Gasteiger partial charge >= 0.3 is 0 Å². The predicted octanol–water partition coefficient (Wildman–Crippen LogP) is 3.22. The van der Waals surface area contributed by atoms with Crippen LogP contribution in [0.5, 0.6) is 0 Å². The lowest BCUT2D eigenvalue weighted by atomic mass is 9.62. The third kappa shape index (κ3) is 1.98. The minimum Gasteiger partial charge on any atom is -0.393 e. The van der Waals surface area contributed by atoms with Crippen LogP contribution in [0.25, 0.3) is 0 Å². The number of hydrogen-bond donors (Lipinski definition) is 1. The van der Waals surface area contributed by atoms with Gasteiger partial charge in [-0.2, -0.15) is 0 Å². The molecular weight excluding hydrogens is 172 g/mol. The van der Waals surface area contributed by atoms with Crippen molar-refractivity contribution < 1.29 is 5.11 Å². The van der Waals surface area contributed by atoms with E-state index in [2.05, 4.69) is 13.8 Å². The van der Waals surface area contributed by atoms with Crippen molar-refractivity contribution in [3.8, 4) is 0 Å². The normalized spacial score (nSPS) is 43.7. The van der Waals surface area contributed by atoms with E-state index in [1.165, 1.54) is 25.7 Å². The second-order valence-electron chi connectivity index (χ2n) is 5.73. The zero-order valence-corrected chi connectivity index (χ0v) is 9.58. The number of aliphatic hydroxyl groups is 1. The van der Waals surface area contributed by atoms with Gasteiger partial charge in [-0.1, -0.05) is 26.7 Å². The number of hydrogen-bond acceptors (Lipinski definition) is 1. The van der Waals surface area contributed by atoms with Crippen LogP contribution in [0, 0.1) is 23.7 Å². The highest BCUT2D eigenvalue weighted by Crippen LogP contribution is 2.46. The average molecular weight is 196 g/mol. The lowest BCUT2D eigenvalue weighted by Crippen LogP contribution is -2.37. The third-order valence-electron chi connectivity index (χ3n) is 4.54. The lowest BCUT2D eigenvalue weighted by Gasteiger charge is -2.44. The summed E-state index contributed by atoms with van der Waals surface area (Å²) in [5.74, 6) is 3.49. The second-order valence-corrected chi connectivity index (χ2v) is 5.73. The zero-order chi connectivity index (χ0) is 10.1. The van der Waals surface area contributed by atoms with Crippen LogP contribution in [0.3, 0.4) is 0 Å². The van der Waals surface area contributed by atoms with Crippen LogP contribution in [0.2, 0.25) is 0 Å². The Balaban J connectivity index is 2.04. The molecule has 2 aliphatic carbocycles. The summed E-state index contributed by atoms with van der Waals surface area (Å²) < 4.78 is 0. The van der Waals surface area contributed by atoms with E-state index in [4.69, 9.17) is 0 Å². The Labute approximate surface area is 87.9 Å². The first-order valence-electron chi connectivity index (χ1n) is 6.36. The molecule has 1 nitrogen and oxygen atoms in total. The Morgan fingerprint density at radius 2 is 1.86 bits per heavy atom. The molecule has 2 fully saturated rings. The van der Waals surface area contributed by atoms with Gasteiger partial charge in [0.05, 0.1) is 6.10 Å². The molecule has 82 valence electrons. The zero-order valence-electron chi connectivity index (χ0n) is 9.58. The van der Waals surface area contributed by atoms with Gasteiger partial charge in [-0.15, -0.1) is 0 Å². The molecule has 0 spiro atoms. The molecular formula is C13H24O. The highest BCUT2D eigenvalue weighted by atomic mass is 16.3. The van der Waals surface area contributed by atoms with Gasteiger partial charge in [0, 0.05) is 0 Å². The maximum atomic E-state index is 9.75. The lowest BCUT2D eigenvalue weighted by molar-refractivity contribution is 0.00496. The van der Waals surface area contributed by atoms with Gasteiger partial charge in [0.25, 0.3) is 0 Å². The summed E-state index contributed by atoms with van der Waals surface area (Å²) in [7, 11) is 0. The Hall–Kier alpha value is -0.0400. The van der Waals surface area contributed by atoms with Gasteiger partial charge in [-0.05, 0) is 49.4 Å². The highest BCUT2D eigenvalue weighted by Gasteiger charge is 2.38. The fraction of sp³-hybridized carbons (Fsp3) is 1.00. The molecule has 4 atom stereocenters. The van der Waals surface area contributed by atoms with Crippen molar-refractivity contribution in [2.45, 2.75) is 58.5 Å². The Morgan fingerprint density at radius 1 is 1.07 bits per heavy atom. The minimum atomic E-state index is 0.00981. The van der Waals surface area contributed by atoms with Crippen LogP contribution >= 0.6 is 0 Å².